The first-order chi connectivity index (χ1) is 10.2. The molecule has 1 aromatic carbocycles. The highest BCUT2D eigenvalue weighted by Gasteiger charge is 2.15. The third kappa shape index (κ3) is 2.53. The Hall–Kier alpha value is -2.96. The number of aromatic hydroxyl groups is 1. The first-order valence-corrected chi connectivity index (χ1v) is 6.17. The molecule has 2 heterocycles. The molecule has 106 valence electrons. The van der Waals surface area contributed by atoms with E-state index in [1.54, 1.807) is 18.2 Å². The summed E-state index contributed by atoms with van der Waals surface area (Å²) in [4.78, 5) is 12.2. The van der Waals surface area contributed by atoms with Crippen LogP contribution in [0.1, 0.15) is 5.56 Å². The highest BCUT2D eigenvalue weighted by atomic mass is 16.5. The van der Waals surface area contributed by atoms with Crippen LogP contribution in [-0.4, -0.2) is 32.3 Å². The number of rotatable bonds is 3. The zero-order valence-corrected chi connectivity index (χ0v) is 11.4. The zero-order valence-electron chi connectivity index (χ0n) is 11.4. The number of aryl methyl sites for hydroxylation is 1. The lowest BCUT2D eigenvalue weighted by Gasteiger charge is -2.00. The van der Waals surface area contributed by atoms with Gasteiger partial charge >= 0.3 is 0 Å². The van der Waals surface area contributed by atoms with Gasteiger partial charge in [0.25, 0.3) is 5.89 Å². The molecule has 0 spiro atoms. The first-order valence-electron chi connectivity index (χ1n) is 6.17. The standard InChI is InChI=1S/C14H12N4O3/c1-8-3-4-9(11(19)5-8)14-17-13(18-21-14)10-6-12(20-2)16-7-15-10/h3-7,19H,1-2H3. The molecule has 0 aliphatic heterocycles. The Morgan fingerprint density at radius 1 is 1.19 bits per heavy atom. The molecular weight excluding hydrogens is 272 g/mol. The van der Waals surface area contributed by atoms with Crippen LogP contribution in [0.5, 0.6) is 11.6 Å². The summed E-state index contributed by atoms with van der Waals surface area (Å²) >= 11 is 0. The Labute approximate surface area is 120 Å². The molecule has 7 nitrogen and oxygen atoms in total. The van der Waals surface area contributed by atoms with Gasteiger partial charge in [-0.05, 0) is 24.6 Å². The van der Waals surface area contributed by atoms with Crippen LogP contribution in [0.2, 0.25) is 0 Å². The SMILES string of the molecule is COc1cc(-c2noc(-c3ccc(C)cc3O)n2)ncn1. The molecule has 0 saturated carbocycles. The summed E-state index contributed by atoms with van der Waals surface area (Å²) in [6.45, 7) is 1.88. The van der Waals surface area contributed by atoms with Crippen LogP contribution in [0.25, 0.3) is 23.0 Å². The van der Waals surface area contributed by atoms with Crippen molar-refractivity contribution in [3.63, 3.8) is 0 Å². The van der Waals surface area contributed by atoms with Gasteiger partial charge in [0.2, 0.25) is 11.7 Å². The minimum Gasteiger partial charge on any atom is -0.507 e. The summed E-state index contributed by atoms with van der Waals surface area (Å²) in [6.07, 6.45) is 1.35. The van der Waals surface area contributed by atoms with Gasteiger partial charge in [0.15, 0.2) is 0 Å². The molecule has 1 N–H and O–H groups in total. The van der Waals surface area contributed by atoms with Crippen LogP contribution in [-0.2, 0) is 0 Å². The lowest BCUT2D eigenvalue weighted by Crippen LogP contribution is -1.91. The zero-order chi connectivity index (χ0) is 14.8. The molecule has 0 fully saturated rings. The van der Waals surface area contributed by atoms with Gasteiger partial charge in [-0.1, -0.05) is 11.2 Å². The molecule has 0 atom stereocenters. The van der Waals surface area contributed by atoms with Crippen LogP contribution in [0.15, 0.2) is 35.1 Å². The van der Waals surface area contributed by atoms with Crippen LogP contribution in [0.4, 0.5) is 0 Å². The molecule has 0 radical (unpaired) electrons. The Bertz CT molecular complexity index is 785. The highest BCUT2D eigenvalue weighted by molar-refractivity contribution is 5.64. The molecule has 0 aliphatic carbocycles. The minimum absolute atomic E-state index is 0.0884. The predicted molar refractivity (Wildman–Crippen MR) is 73.7 cm³/mol. The average Bonchev–Trinajstić information content (AvgIpc) is 2.97. The summed E-state index contributed by atoms with van der Waals surface area (Å²) in [6, 6.07) is 6.81. The van der Waals surface area contributed by atoms with E-state index >= 15 is 0 Å². The lowest BCUT2D eigenvalue weighted by atomic mass is 10.1. The maximum atomic E-state index is 9.93. The van der Waals surface area contributed by atoms with E-state index in [2.05, 4.69) is 20.1 Å². The highest BCUT2D eigenvalue weighted by Crippen LogP contribution is 2.29. The Morgan fingerprint density at radius 2 is 2.05 bits per heavy atom. The monoisotopic (exact) mass is 284 g/mol. The normalized spacial score (nSPS) is 10.6. The van der Waals surface area contributed by atoms with E-state index in [0.717, 1.165) is 5.56 Å². The first kappa shape index (κ1) is 13.0. The van der Waals surface area contributed by atoms with Crippen molar-refractivity contribution in [1.82, 2.24) is 20.1 Å². The number of methoxy groups -OCH3 is 1. The number of phenolic OH excluding ortho intramolecular Hbond substituents is 1. The molecule has 7 heteroatoms. The summed E-state index contributed by atoms with van der Waals surface area (Å²) in [7, 11) is 1.51. The number of nitrogens with zero attached hydrogens (tertiary/aromatic N) is 4. The van der Waals surface area contributed by atoms with Crippen molar-refractivity contribution < 1.29 is 14.4 Å². The quantitative estimate of drug-likeness (QED) is 0.787. The van der Waals surface area contributed by atoms with Crippen molar-refractivity contribution in [3.8, 4) is 34.6 Å². The molecular formula is C14H12N4O3. The van der Waals surface area contributed by atoms with E-state index in [4.69, 9.17) is 9.26 Å². The van der Waals surface area contributed by atoms with E-state index in [9.17, 15) is 5.11 Å². The number of aromatic nitrogens is 4. The van der Waals surface area contributed by atoms with Crippen molar-refractivity contribution in [2.45, 2.75) is 6.92 Å². The Morgan fingerprint density at radius 3 is 2.81 bits per heavy atom. The van der Waals surface area contributed by atoms with E-state index in [1.165, 1.54) is 13.4 Å². The summed E-state index contributed by atoms with van der Waals surface area (Å²) in [5.74, 6) is 1.01. The van der Waals surface area contributed by atoms with Crippen molar-refractivity contribution in [2.24, 2.45) is 0 Å². The van der Waals surface area contributed by atoms with Gasteiger partial charge in [-0.15, -0.1) is 0 Å². The van der Waals surface area contributed by atoms with Crippen molar-refractivity contribution in [1.29, 1.82) is 0 Å². The second-order valence-electron chi connectivity index (χ2n) is 4.39. The number of hydrogen-bond donors (Lipinski definition) is 1. The predicted octanol–water partition coefficient (Wildman–Crippen LogP) is 2.22. The van der Waals surface area contributed by atoms with E-state index in [0.29, 0.717) is 23.0 Å². The molecule has 21 heavy (non-hydrogen) atoms. The van der Waals surface area contributed by atoms with Gasteiger partial charge in [0.1, 0.15) is 17.8 Å². The van der Waals surface area contributed by atoms with E-state index in [1.807, 2.05) is 13.0 Å². The van der Waals surface area contributed by atoms with Crippen molar-refractivity contribution in [2.75, 3.05) is 7.11 Å². The third-order valence-corrected chi connectivity index (χ3v) is 2.89. The summed E-state index contributed by atoms with van der Waals surface area (Å²) in [5, 5.41) is 13.8. The van der Waals surface area contributed by atoms with Gasteiger partial charge in [0.05, 0.1) is 12.7 Å². The van der Waals surface area contributed by atoms with Crippen molar-refractivity contribution >= 4 is 0 Å². The number of benzene rings is 1. The minimum atomic E-state index is 0.0884. The molecule has 0 amide bonds. The fraction of sp³-hybridized carbons (Fsp3) is 0.143. The summed E-state index contributed by atoms with van der Waals surface area (Å²) in [5.41, 5.74) is 1.89. The van der Waals surface area contributed by atoms with Crippen LogP contribution in [0, 0.1) is 6.92 Å². The second kappa shape index (κ2) is 5.20. The van der Waals surface area contributed by atoms with Crippen LogP contribution in [0.3, 0.4) is 0 Å². The fourth-order valence-electron chi connectivity index (χ4n) is 1.83. The van der Waals surface area contributed by atoms with E-state index < -0.39 is 0 Å². The van der Waals surface area contributed by atoms with Gasteiger partial charge in [0, 0.05) is 6.07 Å². The topological polar surface area (TPSA) is 94.2 Å². The lowest BCUT2D eigenvalue weighted by molar-refractivity contribution is 0.397. The molecule has 0 bridgehead atoms. The Balaban J connectivity index is 1.99. The molecule has 0 unspecified atom stereocenters. The maximum absolute atomic E-state index is 9.93. The van der Waals surface area contributed by atoms with Gasteiger partial charge in [-0.3, -0.25) is 0 Å². The second-order valence-corrected chi connectivity index (χ2v) is 4.39. The largest absolute Gasteiger partial charge is 0.507 e. The Kier molecular flexibility index (Phi) is 3.23. The third-order valence-electron chi connectivity index (χ3n) is 2.89. The molecule has 0 aliphatic rings. The van der Waals surface area contributed by atoms with E-state index in [-0.39, 0.29) is 11.6 Å². The molecule has 3 rings (SSSR count). The smallest absolute Gasteiger partial charge is 0.262 e. The number of hydrogen-bond acceptors (Lipinski definition) is 7. The summed E-state index contributed by atoms with van der Waals surface area (Å²) < 4.78 is 10.2. The number of phenols is 1. The van der Waals surface area contributed by atoms with Crippen LogP contribution < -0.4 is 4.74 Å². The number of ether oxygens (including phenoxy) is 1. The molecule has 0 saturated heterocycles. The van der Waals surface area contributed by atoms with Gasteiger partial charge in [-0.25, -0.2) is 9.97 Å². The van der Waals surface area contributed by atoms with Gasteiger partial charge < -0.3 is 14.4 Å². The van der Waals surface area contributed by atoms with Gasteiger partial charge in [-0.2, -0.15) is 4.98 Å². The molecule has 3 aromatic rings. The fourth-order valence-corrected chi connectivity index (χ4v) is 1.83. The molecule has 2 aromatic heterocycles. The van der Waals surface area contributed by atoms with Crippen LogP contribution >= 0.6 is 0 Å². The van der Waals surface area contributed by atoms with Crippen molar-refractivity contribution in [3.05, 3.63) is 36.2 Å². The average molecular weight is 284 g/mol. The maximum Gasteiger partial charge on any atom is 0.262 e.